The lowest BCUT2D eigenvalue weighted by Gasteiger charge is -2.25. The molecule has 5 nitrogen and oxygen atoms in total. The normalized spacial score (nSPS) is 16.3. The summed E-state index contributed by atoms with van der Waals surface area (Å²) in [5.41, 5.74) is 1.33. The number of thioether (sulfide) groups is 1. The van der Waals surface area contributed by atoms with Crippen LogP contribution in [0, 0.1) is 17.1 Å². The number of allylic oxidation sites excluding steroid dienone is 1. The van der Waals surface area contributed by atoms with Gasteiger partial charge in [-0.15, -0.1) is 0 Å². The van der Waals surface area contributed by atoms with Crippen molar-refractivity contribution >= 4 is 45.2 Å². The van der Waals surface area contributed by atoms with Crippen molar-refractivity contribution in [1.82, 2.24) is 5.32 Å². The SMILES string of the molecule is N#CC1=C(SCC(=O)Nc2ccccc2F)NC(=O)C[C@H]1c1cccc(Br)c1. The number of para-hydroxylation sites is 1. The molecule has 3 rings (SSSR count). The fourth-order valence-corrected chi connectivity index (χ4v) is 4.12. The summed E-state index contributed by atoms with van der Waals surface area (Å²) in [6.45, 7) is 0. The van der Waals surface area contributed by atoms with Crippen LogP contribution in [0.3, 0.4) is 0 Å². The second kappa shape index (κ2) is 9.04. The zero-order chi connectivity index (χ0) is 20.1. The van der Waals surface area contributed by atoms with Crippen LogP contribution in [0.5, 0.6) is 0 Å². The van der Waals surface area contributed by atoms with Crippen molar-refractivity contribution in [2.24, 2.45) is 0 Å². The van der Waals surface area contributed by atoms with Crippen LogP contribution in [0.15, 0.2) is 63.6 Å². The van der Waals surface area contributed by atoms with Crippen LogP contribution in [0.25, 0.3) is 0 Å². The van der Waals surface area contributed by atoms with E-state index in [-0.39, 0.29) is 29.7 Å². The van der Waals surface area contributed by atoms with Gasteiger partial charge in [0.1, 0.15) is 5.82 Å². The van der Waals surface area contributed by atoms with E-state index in [1.54, 1.807) is 6.07 Å². The van der Waals surface area contributed by atoms with Gasteiger partial charge in [0.2, 0.25) is 11.8 Å². The van der Waals surface area contributed by atoms with Crippen molar-refractivity contribution in [3.05, 3.63) is 75.0 Å². The van der Waals surface area contributed by atoms with Gasteiger partial charge in [0.05, 0.1) is 28.1 Å². The number of hydrogen-bond acceptors (Lipinski definition) is 4. The van der Waals surface area contributed by atoms with Crippen molar-refractivity contribution in [3.8, 4) is 6.07 Å². The van der Waals surface area contributed by atoms with Crippen molar-refractivity contribution in [1.29, 1.82) is 5.26 Å². The number of nitriles is 1. The summed E-state index contributed by atoms with van der Waals surface area (Å²) in [5, 5.41) is 15.2. The van der Waals surface area contributed by atoms with E-state index in [0.717, 1.165) is 21.8 Å². The van der Waals surface area contributed by atoms with Crippen LogP contribution < -0.4 is 10.6 Å². The van der Waals surface area contributed by atoms with Crippen LogP contribution in [0.2, 0.25) is 0 Å². The van der Waals surface area contributed by atoms with Gasteiger partial charge in [0.15, 0.2) is 0 Å². The quantitative estimate of drug-likeness (QED) is 0.698. The molecule has 0 unspecified atom stereocenters. The molecule has 0 radical (unpaired) electrons. The maximum Gasteiger partial charge on any atom is 0.234 e. The van der Waals surface area contributed by atoms with E-state index >= 15 is 0 Å². The molecule has 142 valence electrons. The predicted molar refractivity (Wildman–Crippen MR) is 110 cm³/mol. The van der Waals surface area contributed by atoms with Crippen molar-refractivity contribution in [3.63, 3.8) is 0 Å². The van der Waals surface area contributed by atoms with Crippen LogP contribution in [0.4, 0.5) is 10.1 Å². The number of halogens is 2. The summed E-state index contributed by atoms with van der Waals surface area (Å²) in [4.78, 5) is 24.3. The van der Waals surface area contributed by atoms with Gasteiger partial charge in [-0.05, 0) is 29.8 Å². The van der Waals surface area contributed by atoms with Gasteiger partial charge in [-0.3, -0.25) is 9.59 Å². The molecule has 28 heavy (non-hydrogen) atoms. The lowest BCUT2D eigenvalue weighted by Crippen LogP contribution is -2.31. The van der Waals surface area contributed by atoms with E-state index in [1.807, 2.05) is 24.3 Å². The maximum atomic E-state index is 13.6. The topological polar surface area (TPSA) is 82.0 Å². The number of anilines is 1. The summed E-state index contributed by atoms with van der Waals surface area (Å²) in [6.07, 6.45) is 0.158. The van der Waals surface area contributed by atoms with Crippen LogP contribution in [0.1, 0.15) is 17.9 Å². The molecular weight excluding hydrogens is 445 g/mol. The lowest BCUT2D eigenvalue weighted by atomic mass is 9.87. The monoisotopic (exact) mass is 459 g/mol. The number of benzene rings is 2. The molecule has 1 aliphatic heterocycles. The molecule has 1 heterocycles. The fourth-order valence-electron chi connectivity index (χ4n) is 2.83. The molecule has 0 fully saturated rings. The number of carbonyl (C=O) groups is 2. The first kappa shape index (κ1) is 20.1. The first-order chi connectivity index (χ1) is 13.5. The Morgan fingerprint density at radius 1 is 1.32 bits per heavy atom. The standard InChI is InChI=1S/C20H15BrFN3O2S/c21-13-5-3-4-12(8-13)14-9-18(26)25-20(15(14)10-23)28-11-19(27)24-17-7-2-1-6-16(17)22/h1-8,14H,9,11H2,(H,24,27)(H,25,26)/t14-/m0/s1. The summed E-state index contributed by atoms with van der Waals surface area (Å²) in [5.74, 6) is -1.63. The average molecular weight is 460 g/mol. The van der Waals surface area contributed by atoms with Gasteiger partial charge >= 0.3 is 0 Å². The lowest BCUT2D eigenvalue weighted by molar-refractivity contribution is -0.121. The number of rotatable bonds is 5. The second-order valence-electron chi connectivity index (χ2n) is 6.03. The van der Waals surface area contributed by atoms with E-state index in [0.29, 0.717) is 10.6 Å². The van der Waals surface area contributed by atoms with Crippen molar-refractivity contribution in [2.45, 2.75) is 12.3 Å². The number of hydrogen-bond donors (Lipinski definition) is 2. The number of amides is 2. The first-order valence-electron chi connectivity index (χ1n) is 8.34. The Morgan fingerprint density at radius 2 is 2.11 bits per heavy atom. The molecule has 2 aromatic carbocycles. The summed E-state index contributed by atoms with van der Waals surface area (Å²) >= 11 is 4.45. The summed E-state index contributed by atoms with van der Waals surface area (Å²) < 4.78 is 14.5. The zero-order valence-electron chi connectivity index (χ0n) is 14.5. The molecule has 0 saturated heterocycles. The largest absolute Gasteiger partial charge is 0.323 e. The van der Waals surface area contributed by atoms with Gasteiger partial charge in [-0.25, -0.2) is 4.39 Å². The Bertz CT molecular complexity index is 1000. The molecule has 0 aliphatic carbocycles. The van der Waals surface area contributed by atoms with Crippen molar-refractivity contribution in [2.75, 3.05) is 11.1 Å². The highest BCUT2D eigenvalue weighted by molar-refractivity contribution is 9.10. The van der Waals surface area contributed by atoms with Crippen LogP contribution >= 0.6 is 27.7 Å². The molecule has 1 aliphatic rings. The minimum atomic E-state index is -0.529. The van der Waals surface area contributed by atoms with Gasteiger partial charge in [0, 0.05) is 16.8 Å². The van der Waals surface area contributed by atoms with E-state index in [9.17, 15) is 19.2 Å². The van der Waals surface area contributed by atoms with E-state index < -0.39 is 11.7 Å². The molecule has 0 saturated carbocycles. The Hall–Kier alpha value is -2.63. The number of nitrogens with one attached hydrogen (secondary N) is 2. The van der Waals surface area contributed by atoms with Crippen molar-refractivity contribution < 1.29 is 14.0 Å². The first-order valence-corrected chi connectivity index (χ1v) is 10.1. The second-order valence-corrected chi connectivity index (χ2v) is 7.93. The minimum Gasteiger partial charge on any atom is -0.323 e. The molecule has 2 N–H and O–H groups in total. The minimum absolute atomic E-state index is 0.0691. The van der Waals surface area contributed by atoms with Crippen LogP contribution in [-0.4, -0.2) is 17.6 Å². The molecule has 8 heteroatoms. The molecule has 2 amide bonds. The number of carbonyl (C=O) groups excluding carboxylic acids is 2. The Kier molecular flexibility index (Phi) is 6.49. The average Bonchev–Trinajstić information content (AvgIpc) is 2.67. The third-order valence-corrected chi connectivity index (χ3v) is 5.61. The summed E-state index contributed by atoms with van der Waals surface area (Å²) in [7, 11) is 0. The van der Waals surface area contributed by atoms with Gasteiger partial charge in [0.25, 0.3) is 0 Å². The number of nitrogens with zero attached hydrogens (tertiary/aromatic N) is 1. The predicted octanol–water partition coefficient (Wildman–Crippen LogP) is 4.30. The molecule has 1 atom stereocenters. The molecule has 0 spiro atoms. The van der Waals surface area contributed by atoms with Gasteiger partial charge in [-0.2, -0.15) is 5.26 Å². The fraction of sp³-hybridized carbons (Fsp3) is 0.150. The zero-order valence-corrected chi connectivity index (χ0v) is 16.9. The Balaban J connectivity index is 1.77. The highest BCUT2D eigenvalue weighted by Crippen LogP contribution is 2.36. The Labute approximate surface area is 174 Å². The molecule has 2 aromatic rings. The Morgan fingerprint density at radius 3 is 2.82 bits per heavy atom. The smallest absolute Gasteiger partial charge is 0.234 e. The third-order valence-electron chi connectivity index (χ3n) is 4.10. The molecule has 0 aromatic heterocycles. The maximum absolute atomic E-state index is 13.6. The third kappa shape index (κ3) is 4.80. The van der Waals surface area contributed by atoms with E-state index in [4.69, 9.17) is 0 Å². The molecular formula is C20H15BrFN3O2S. The van der Waals surface area contributed by atoms with E-state index in [2.05, 4.69) is 32.6 Å². The van der Waals surface area contributed by atoms with E-state index in [1.165, 1.54) is 18.2 Å². The molecule has 0 bridgehead atoms. The highest BCUT2D eigenvalue weighted by atomic mass is 79.9. The van der Waals surface area contributed by atoms with Crippen LogP contribution in [-0.2, 0) is 9.59 Å². The van der Waals surface area contributed by atoms with Gasteiger partial charge < -0.3 is 10.6 Å². The van der Waals surface area contributed by atoms with Gasteiger partial charge in [-0.1, -0.05) is 52.0 Å². The summed E-state index contributed by atoms with van der Waals surface area (Å²) in [6, 6.07) is 15.5. The highest BCUT2D eigenvalue weighted by Gasteiger charge is 2.30.